The first kappa shape index (κ1) is 13.8. The van der Waals surface area contributed by atoms with Crippen molar-refractivity contribution in [3.63, 3.8) is 0 Å². The molecule has 1 heterocycles. The number of aromatic nitrogens is 3. The molecule has 0 amide bonds. The lowest BCUT2D eigenvalue weighted by atomic mass is 10.1. The van der Waals surface area contributed by atoms with Gasteiger partial charge in [0.25, 0.3) is 0 Å². The Morgan fingerprint density at radius 2 is 2.21 bits per heavy atom. The molecule has 2 rings (SSSR count). The van der Waals surface area contributed by atoms with E-state index < -0.39 is 11.6 Å². The minimum atomic E-state index is -0.866. The van der Waals surface area contributed by atoms with Gasteiger partial charge in [0.15, 0.2) is 16.4 Å². The number of methoxy groups -OCH3 is 1. The van der Waals surface area contributed by atoms with E-state index in [1.54, 1.807) is 11.7 Å². The van der Waals surface area contributed by atoms with Crippen LogP contribution >= 0.6 is 12.2 Å². The third-order valence-corrected chi connectivity index (χ3v) is 3.05. The first-order valence-corrected chi connectivity index (χ1v) is 6.10. The Morgan fingerprint density at radius 1 is 1.42 bits per heavy atom. The lowest BCUT2D eigenvalue weighted by Gasteiger charge is -2.07. The first-order chi connectivity index (χ1) is 9.13. The lowest BCUT2D eigenvalue weighted by Crippen LogP contribution is -2.10. The molecule has 0 saturated carbocycles. The number of halogens is 2. The largest absolute Gasteiger partial charge is 0.383 e. The van der Waals surface area contributed by atoms with Crippen LogP contribution in [-0.2, 0) is 17.7 Å². The number of benzene rings is 1. The number of ether oxygens (including phenoxy) is 1. The van der Waals surface area contributed by atoms with Crippen molar-refractivity contribution in [2.45, 2.75) is 13.0 Å². The van der Waals surface area contributed by atoms with Crippen LogP contribution in [-0.4, -0.2) is 28.5 Å². The summed E-state index contributed by atoms with van der Waals surface area (Å²) in [4.78, 5) is 0. The van der Waals surface area contributed by atoms with Gasteiger partial charge in [-0.1, -0.05) is 12.1 Å². The van der Waals surface area contributed by atoms with Gasteiger partial charge in [-0.2, -0.15) is 5.10 Å². The minimum absolute atomic E-state index is 0.167. The van der Waals surface area contributed by atoms with Crippen molar-refractivity contribution in [2.75, 3.05) is 13.7 Å². The average Bonchev–Trinajstić information content (AvgIpc) is 2.73. The van der Waals surface area contributed by atoms with Crippen molar-refractivity contribution >= 4 is 12.2 Å². The third-order valence-electron chi connectivity index (χ3n) is 2.74. The number of hydrogen-bond acceptors (Lipinski definition) is 3. The molecule has 0 saturated heterocycles. The number of H-pyrrole nitrogens is 1. The van der Waals surface area contributed by atoms with Gasteiger partial charge in [-0.15, -0.1) is 0 Å². The van der Waals surface area contributed by atoms with Gasteiger partial charge in [-0.05, 0) is 23.8 Å². The van der Waals surface area contributed by atoms with Crippen molar-refractivity contribution in [3.8, 4) is 0 Å². The van der Waals surface area contributed by atoms with Gasteiger partial charge in [-0.25, -0.2) is 8.78 Å². The molecule has 0 radical (unpaired) electrons. The van der Waals surface area contributed by atoms with Crippen LogP contribution in [0.3, 0.4) is 0 Å². The van der Waals surface area contributed by atoms with Crippen LogP contribution in [0.5, 0.6) is 0 Å². The van der Waals surface area contributed by atoms with Crippen molar-refractivity contribution in [1.82, 2.24) is 14.8 Å². The van der Waals surface area contributed by atoms with Gasteiger partial charge in [-0.3, -0.25) is 5.10 Å². The van der Waals surface area contributed by atoms with E-state index in [4.69, 9.17) is 17.0 Å². The van der Waals surface area contributed by atoms with E-state index in [2.05, 4.69) is 10.2 Å². The van der Waals surface area contributed by atoms with Crippen LogP contribution in [0, 0.1) is 16.4 Å². The van der Waals surface area contributed by atoms with Crippen molar-refractivity contribution in [3.05, 3.63) is 46.0 Å². The molecule has 7 heteroatoms. The molecule has 0 aliphatic carbocycles. The summed E-state index contributed by atoms with van der Waals surface area (Å²) >= 11 is 5.08. The Labute approximate surface area is 114 Å². The molecule has 1 aromatic heterocycles. The standard InChI is InChI=1S/C12H13F2N3OS/c1-18-6-5-17-10(15-16-12(17)19)7-8-3-2-4-9(13)11(8)14/h2-4H,5-7H2,1H3,(H,16,19). The van der Waals surface area contributed by atoms with Gasteiger partial charge < -0.3 is 9.30 Å². The molecule has 0 fully saturated rings. The summed E-state index contributed by atoms with van der Waals surface area (Å²) in [5.41, 5.74) is 0.243. The van der Waals surface area contributed by atoms with E-state index in [1.165, 1.54) is 12.1 Å². The maximum Gasteiger partial charge on any atom is 0.195 e. The second-order valence-electron chi connectivity index (χ2n) is 3.98. The molecule has 4 nitrogen and oxygen atoms in total. The van der Waals surface area contributed by atoms with Gasteiger partial charge >= 0.3 is 0 Å². The molecule has 1 aromatic carbocycles. The smallest absolute Gasteiger partial charge is 0.195 e. The van der Waals surface area contributed by atoms with Crippen LogP contribution < -0.4 is 0 Å². The van der Waals surface area contributed by atoms with Gasteiger partial charge in [0, 0.05) is 20.1 Å². The summed E-state index contributed by atoms with van der Waals surface area (Å²) < 4.78 is 33.9. The third kappa shape index (κ3) is 3.05. The van der Waals surface area contributed by atoms with Crippen LogP contribution in [0.25, 0.3) is 0 Å². The Bertz CT molecular complexity index is 624. The zero-order valence-electron chi connectivity index (χ0n) is 10.3. The van der Waals surface area contributed by atoms with E-state index >= 15 is 0 Å². The second kappa shape index (κ2) is 6.03. The van der Waals surface area contributed by atoms with Crippen molar-refractivity contribution < 1.29 is 13.5 Å². The minimum Gasteiger partial charge on any atom is -0.383 e. The highest BCUT2D eigenvalue weighted by atomic mass is 32.1. The molecule has 0 atom stereocenters. The summed E-state index contributed by atoms with van der Waals surface area (Å²) in [6.07, 6.45) is 0.167. The van der Waals surface area contributed by atoms with Crippen LogP contribution in [0.4, 0.5) is 8.78 Å². The van der Waals surface area contributed by atoms with Gasteiger partial charge in [0.05, 0.1) is 6.61 Å². The van der Waals surface area contributed by atoms with Crippen LogP contribution in [0.1, 0.15) is 11.4 Å². The zero-order valence-corrected chi connectivity index (χ0v) is 11.1. The quantitative estimate of drug-likeness (QED) is 0.858. The average molecular weight is 285 g/mol. The van der Waals surface area contributed by atoms with Gasteiger partial charge in [0.1, 0.15) is 5.82 Å². The normalized spacial score (nSPS) is 10.9. The summed E-state index contributed by atoms with van der Waals surface area (Å²) in [5.74, 6) is -1.17. The Morgan fingerprint density at radius 3 is 2.95 bits per heavy atom. The molecule has 0 aliphatic heterocycles. The highest BCUT2D eigenvalue weighted by molar-refractivity contribution is 7.71. The molecular formula is C12H13F2N3OS. The fraction of sp³-hybridized carbons (Fsp3) is 0.333. The monoisotopic (exact) mass is 285 g/mol. The summed E-state index contributed by atoms with van der Waals surface area (Å²) in [7, 11) is 1.58. The molecule has 0 bridgehead atoms. The summed E-state index contributed by atoms with van der Waals surface area (Å²) in [6.45, 7) is 0.977. The van der Waals surface area contributed by atoms with Crippen LogP contribution in [0.2, 0.25) is 0 Å². The molecular weight excluding hydrogens is 272 g/mol. The fourth-order valence-electron chi connectivity index (χ4n) is 1.75. The Hall–Kier alpha value is -1.60. The topological polar surface area (TPSA) is 42.8 Å². The SMILES string of the molecule is COCCn1c(Cc2cccc(F)c2F)n[nH]c1=S. The van der Waals surface area contributed by atoms with Gasteiger partial charge in [0.2, 0.25) is 0 Å². The number of rotatable bonds is 5. The molecule has 0 unspecified atom stereocenters. The lowest BCUT2D eigenvalue weighted by molar-refractivity contribution is 0.186. The fourth-order valence-corrected chi connectivity index (χ4v) is 2.00. The Balaban J connectivity index is 2.28. The molecule has 0 spiro atoms. The van der Waals surface area contributed by atoms with E-state index in [0.29, 0.717) is 23.7 Å². The molecule has 19 heavy (non-hydrogen) atoms. The molecule has 0 aliphatic rings. The zero-order chi connectivity index (χ0) is 13.8. The maximum absolute atomic E-state index is 13.6. The predicted molar refractivity (Wildman–Crippen MR) is 68.5 cm³/mol. The highest BCUT2D eigenvalue weighted by Gasteiger charge is 2.12. The molecule has 2 aromatic rings. The number of hydrogen-bond donors (Lipinski definition) is 1. The Kier molecular flexibility index (Phi) is 4.39. The van der Waals surface area contributed by atoms with Crippen molar-refractivity contribution in [2.24, 2.45) is 0 Å². The predicted octanol–water partition coefficient (Wildman–Crippen LogP) is 2.46. The van der Waals surface area contributed by atoms with E-state index in [0.717, 1.165) is 6.07 Å². The maximum atomic E-state index is 13.6. The highest BCUT2D eigenvalue weighted by Crippen LogP contribution is 2.15. The molecule has 1 N–H and O–H groups in total. The number of aromatic amines is 1. The van der Waals surface area contributed by atoms with E-state index in [1.807, 2.05) is 0 Å². The second-order valence-corrected chi connectivity index (χ2v) is 4.37. The first-order valence-electron chi connectivity index (χ1n) is 5.69. The van der Waals surface area contributed by atoms with E-state index in [9.17, 15) is 8.78 Å². The summed E-state index contributed by atoms with van der Waals surface area (Å²) in [6, 6.07) is 4.08. The summed E-state index contributed by atoms with van der Waals surface area (Å²) in [5, 5.41) is 6.68. The number of nitrogens with zero attached hydrogens (tertiary/aromatic N) is 2. The van der Waals surface area contributed by atoms with Crippen molar-refractivity contribution in [1.29, 1.82) is 0 Å². The molecule has 102 valence electrons. The number of nitrogens with one attached hydrogen (secondary N) is 1. The van der Waals surface area contributed by atoms with E-state index in [-0.39, 0.29) is 12.0 Å². The van der Waals surface area contributed by atoms with Crippen LogP contribution in [0.15, 0.2) is 18.2 Å².